The Morgan fingerprint density at radius 1 is 0.966 bits per heavy atom. The minimum atomic E-state index is 0.125. The summed E-state index contributed by atoms with van der Waals surface area (Å²) in [6.07, 6.45) is 4.17. The van der Waals surface area contributed by atoms with Crippen LogP contribution in [-0.2, 0) is 0 Å². The molecule has 0 N–H and O–H groups in total. The third-order valence-electron chi connectivity index (χ3n) is 6.58. The van der Waals surface area contributed by atoms with Crippen LogP contribution in [0.25, 0.3) is 0 Å². The van der Waals surface area contributed by atoms with Crippen LogP contribution in [0.15, 0.2) is 36.5 Å². The molecule has 5 heteroatoms. The Bertz CT molecular complexity index is 865. The van der Waals surface area contributed by atoms with Gasteiger partial charge in [0, 0.05) is 56.7 Å². The molecule has 0 aliphatic carbocycles. The van der Waals surface area contributed by atoms with Crippen molar-refractivity contribution in [1.82, 2.24) is 9.88 Å². The van der Waals surface area contributed by atoms with Gasteiger partial charge in [-0.15, -0.1) is 0 Å². The van der Waals surface area contributed by atoms with E-state index in [0.29, 0.717) is 0 Å². The molecule has 3 heterocycles. The van der Waals surface area contributed by atoms with Crippen molar-refractivity contribution in [2.45, 2.75) is 33.6 Å². The van der Waals surface area contributed by atoms with E-state index in [4.69, 9.17) is 0 Å². The molecule has 0 radical (unpaired) electrons. The van der Waals surface area contributed by atoms with Crippen LogP contribution in [-0.4, -0.2) is 55.1 Å². The highest BCUT2D eigenvalue weighted by molar-refractivity contribution is 5.95. The van der Waals surface area contributed by atoms with Crippen molar-refractivity contribution >= 4 is 17.4 Å². The Kier molecular flexibility index (Phi) is 5.74. The number of nitrogens with zero attached hydrogens (tertiary/aromatic N) is 4. The SMILES string of the molecule is Cc1cccc(N2CCN(C(=O)c3ccnc(N4CCC(C)CC4)c3)CC2)c1C. The normalized spacial score (nSPS) is 18.2. The number of aromatic nitrogens is 1. The number of piperazine rings is 1. The van der Waals surface area contributed by atoms with Crippen molar-refractivity contribution in [2.75, 3.05) is 49.1 Å². The Hall–Kier alpha value is -2.56. The molecule has 2 fully saturated rings. The zero-order valence-electron chi connectivity index (χ0n) is 17.9. The van der Waals surface area contributed by atoms with Gasteiger partial charge < -0.3 is 14.7 Å². The van der Waals surface area contributed by atoms with Crippen molar-refractivity contribution in [3.8, 4) is 0 Å². The quantitative estimate of drug-likeness (QED) is 0.794. The fourth-order valence-corrected chi connectivity index (χ4v) is 4.37. The average molecular weight is 393 g/mol. The van der Waals surface area contributed by atoms with E-state index in [1.165, 1.54) is 29.7 Å². The summed E-state index contributed by atoms with van der Waals surface area (Å²) in [6, 6.07) is 10.3. The number of pyridine rings is 1. The summed E-state index contributed by atoms with van der Waals surface area (Å²) in [5, 5.41) is 0. The summed E-state index contributed by atoms with van der Waals surface area (Å²) in [5.41, 5.74) is 4.70. The lowest BCUT2D eigenvalue weighted by atomic mass is 9.99. The van der Waals surface area contributed by atoms with Gasteiger partial charge in [0.25, 0.3) is 5.91 Å². The van der Waals surface area contributed by atoms with Gasteiger partial charge in [-0.05, 0) is 61.9 Å². The summed E-state index contributed by atoms with van der Waals surface area (Å²) in [6.45, 7) is 12.0. The lowest BCUT2D eigenvalue weighted by molar-refractivity contribution is 0.0746. The Morgan fingerprint density at radius 3 is 2.41 bits per heavy atom. The maximum Gasteiger partial charge on any atom is 0.254 e. The second-order valence-corrected chi connectivity index (χ2v) is 8.57. The van der Waals surface area contributed by atoms with Crippen LogP contribution in [0.4, 0.5) is 11.5 Å². The van der Waals surface area contributed by atoms with Crippen molar-refractivity contribution in [3.05, 3.63) is 53.2 Å². The van der Waals surface area contributed by atoms with Crippen LogP contribution in [0.2, 0.25) is 0 Å². The smallest absolute Gasteiger partial charge is 0.254 e. The number of aryl methyl sites for hydroxylation is 1. The van der Waals surface area contributed by atoms with E-state index in [0.717, 1.165) is 56.6 Å². The van der Waals surface area contributed by atoms with Gasteiger partial charge in [0.15, 0.2) is 0 Å². The first kappa shape index (κ1) is 19.7. The number of carbonyl (C=O) groups is 1. The molecule has 2 saturated heterocycles. The maximum atomic E-state index is 13.1. The number of piperidine rings is 1. The van der Waals surface area contributed by atoms with Gasteiger partial charge in [-0.2, -0.15) is 0 Å². The molecule has 4 rings (SSSR count). The standard InChI is InChI=1S/C24H32N4O/c1-18-8-11-27(12-9-18)23-17-21(7-10-25-23)24(29)28-15-13-26(14-16-28)22-6-4-5-19(2)20(22)3/h4-7,10,17-18H,8-9,11-16H2,1-3H3. The molecule has 0 spiro atoms. The number of amides is 1. The molecule has 2 aliphatic rings. The van der Waals surface area contributed by atoms with Crippen LogP contribution in [0, 0.1) is 19.8 Å². The van der Waals surface area contributed by atoms with Crippen molar-refractivity contribution in [3.63, 3.8) is 0 Å². The largest absolute Gasteiger partial charge is 0.368 e. The van der Waals surface area contributed by atoms with Gasteiger partial charge in [0.05, 0.1) is 0 Å². The van der Waals surface area contributed by atoms with Crippen LogP contribution in [0.3, 0.4) is 0 Å². The molecule has 1 aromatic heterocycles. The third-order valence-corrected chi connectivity index (χ3v) is 6.58. The Labute approximate surface area is 174 Å². The summed E-state index contributed by atoms with van der Waals surface area (Å²) >= 11 is 0. The summed E-state index contributed by atoms with van der Waals surface area (Å²) < 4.78 is 0. The van der Waals surface area contributed by atoms with Crippen LogP contribution in [0.5, 0.6) is 0 Å². The second-order valence-electron chi connectivity index (χ2n) is 8.57. The number of hydrogen-bond donors (Lipinski definition) is 0. The minimum Gasteiger partial charge on any atom is -0.368 e. The lowest BCUT2D eigenvalue weighted by Gasteiger charge is -2.37. The number of rotatable bonds is 3. The van der Waals surface area contributed by atoms with E-state index in [-0.39, 0.29) is 5.91 Å². The van der Waals surface area contributed by atoms with E-state index in [2.05, 4.69) is 53.8 Å². The topological polar surface area (TPSA) is 39.7 Å². The summed E-state index contributed by atoms with van der Waals surface area (Å²) in [5.74, 6) is 1.85. The van der Waals surface area contributed by atoms with Gasteiger partial charge in [-0.25, -0.2) is 4.98 Å². The molecule has 2 aliphatic heterocycles. The van der Waals surface area contributed by atoms with E-state index in [9.17, 15) is 4.79 Å². The molecule has 0 atom stereocenters. The molecule has 0 saturated carbocycles. The second kappa shape index (κ2) is 8.44. The Balaban J connectivity index is 1.41. The fraction of sp³-hybridized carbons (Fsp3) is 0.500. The van der Waals surface area contributed by atoms with Gasteiger partial charge in [0.2, 0.25) is 0 Å². The predicted octanol–water partition coefficient (Wildman–Crippen LogP) is 3.90. The lowest BCUT2D eigenvalue weighted by Crippen LogP contribution is -2.49. The molecular weight excluding hydrogens is 360 g/mol. The molecule has 1 aromatic carbocycles. The zero-order chi connectivity index (χ0) is 20.4. The van der Waals surface area contributed by atoms with Crippen molar-refractivity contribution in [2.24, 2.45) is 5.92 Å². The molecule has 0 bridgehead atoms. The van der Waals surface area contributed by atoms with Crippen LogP contribution < -0.4 is 9.80 Å². The molecule has 154 valence electrons. The molecule has 0 unspecified atom stereocenters. The van der Waals surface area contributed by atoms with E-state index in [1.54, 1.807) is 6.20 Å². The summed E-state index contributed by atoms with van der Waals surface area (Å²) in [7, 11) is 0. The first-order valence-electron chi connectivity index (χ1n) is 10.8. The highest BCUT2D eigenvalue weighted by Gasteiger charge is 2.24. The highest BCUT2D eigenvalue weighted by Crippen LogP contribution is 2.25. The summed E-state index contributed by atoms with van der Waals surface area (Å²) in [4.78, 5) is 24.3. The number of carbonyl (C=O) groups excluding carboxylic acids is 1. The number of anilines is 2. The molecule has 2 aromatic rings. The van der Waals surface area contributed by atoms with E-state index < -0.39 is 0 Å². The minimum absolute atomic E-state index is 0.125. The predicted molar refractivity (Wildman–Crippen MR) is 119 cm³/mol. The number of benzene rings is 1. The van der Waals surface area contributed by atoms with Gasteiger partial charge in [-0.1, -0.05) is 19.1 Å². The van der Waals surface area contributed by atoms with Gasteiger partial charge >= 0.3 is 0 Å². The molecular formula is C24H32N4O. The molecule has 5 nitrogen and oxygen atoms in total. The Morgan fingerprint density at radius 2 is 1.69 bits per heavy atom. The van der Waals surface area contributed by atoms with E-state index in [1.807, 2.05) is 17.0 Å². The van der Waals surface area contributed by atoms with Gasteiger partial charge in [-0.3, -0.25) is 4.79 Å². The first-order chi connectivity index (χ1) is 14.0. The number of hydrogen-bond acceptors (Lipinski definition) is 4. The fourth-order valence-electron chi connectivity index (χ4n) is 4.37. The monoisotopic (exact) mass is 392 g/mol. The van der Waals surface area contributed by atoms with E-state index >= 15 is 0 Å². The highest BCUT2D eigenvalue weighted by atomic mass is 16.2. The zero-order valence-corrected chi connectivity index (χ0v) is 17.9. The average Bonchev–Trinajstić information content (AvgIpc) is 2.76. The first-order valence-corrected chi connectivity index (χ1v) is 10.8. The van der Waals surface area contributed by atoms with Crippen molar-refractivity contribution in [1.29, 1.82) is 0 Å². The van der Waals surface area contributed by atoms with Gasteiger partial charge in [0.1, 0.15) is 5.82 Å². The third kappa shape index (κ3) is 4.24. The van der Waals surface area contributed by atoms with Crippen molar-refractivity contribution < 1.29 is 4.79 Å². The van der Waals surface area contributed by atoms with Crippen LogP contribution in [0.1, 0.15) is 41.3 Å². The maximum absolute atomic E-state index is 13.1. The van der Waals surface area contributed by atoms with Crippen LogP contribution >= 0.6 is 0 Å². The molecule has 29 heavy (non-hydrogen) atoms. The molecule has 1 amide bonds.